The topological polar surface area (TPSA) is 66.9 Å². The van der Waals surface area contributed by atoms with Crippen LogP contribution in [0.3, 0.4) is 0 Å². The molecule has 0 aliphatic carbocycles. The predicted molar refractivity (Wildman–Crippen MR) is 85.5 cm³/mol. The van der Waals surface area contributed by atoms with E-state index in [1.54, 1.807) is 11.9 Å². The first-order valence-corrected chi connectivity index (χ1v) is 9.87. The van der Waals surface area contributed by atoms with Crippen molar-refractivity contribution in [2.75, 3.05) is 53.2 Å². The van der Waals surface area contributed by atoms with Crippen LogP contribution in [0.2, 0.25) is 0 Å². The monoisotopic (exact) mass is 332 g/mol. The fraction of sp³-hybridized carbons (Fsp3) is 0.933. The molecule has 0 bridgehead atoms. The highest BCUT2D eigenvalue weighted by Crippen LogP contribution is 2.31. The predicted octanol–water partition coefficient (Wildman–Crippen LogP) is 0.380. The molecule has 1 amide bonds. The third-order valence-electron chi connectivity index (χ3n) is 5.00. The quantitative estimate of drug-likeness (QED) is 0.745. The van der Waals surface area contributed by atoms with Gasteiger partial charge in [0.1, 0.15) is 0 Å². The molecule has 0 aromatic heterocycles. The zero-order valence-electron chi connectivity index (χ0n) is 13.9. The van der Waals surface area contributed by atoms with Crippen molar-refractivity contribution in [1.29, 1.82) is 0 Å². The highest BCUT2D eigenvalue weighted by Gasteiger charge is 2.50. The highest BCUT2D eigenvalue weighted by molar-refractivity contribution is 7.92. The van der Waals surface area contributed by atoms with Crippen LogP contribution in [0.4, 0.5) is 0 Å². The summed E-state index contributed by atoms with van der Waals surface area (Å²) in [6.07, 6.45) is 3.93. The minimum absolute atomic E-state index is 0.258. The van der Waals surface area contributed by atoms with Crippen molar-refractivity contribution in [3.05, 3.63) is 0 Å². The molecule has 7 heteroatoms. The Morgan fingerprint density at radius 1 is 1.36 bits per heavy atom. The second kappa shape index (κ2) is 6.84. The van der Waals surface area contributed by atoms with Gasteiger partial charge in [-0.1, -0.05) is 0 Å². The van der Waals surface area contributed by atoms with Crippen molar-refractivity contribution in [3.8, 4) is 0 Å². The van der Waals surface area contributed by atoms with Gasteiger partial charge in [0.15, 0.2) is 14.6 Å². The third kappa shape index (κ3) is 3.63. The van der Waals surface area contributed by atoms with E-state index in [1.807, 2.05) is 0 Å². The summed E-state index contributed by atoms with van der Waals surface area (Å²) >= 11 is 0. The van der Waals surface area contributed by atoms with Gasteiger partial charge in [-0.05, 0) is 45.2 Å². The average Bonchev–Trinajstić information content (AvgIpc) is 2.46. The van der Waals surface area contributed by atoms with Crippen molar-refractivity contribution in [1.82, 2.24) is 9.80 Å². The van der Waals surface area contributed by atoms with Gasteiger partial charge in [-0.15, -0.1) is 0 Å². The number of ether oxygens (including phenoxy) is 1. The first-order valence-electron chi connectivity index (χ1n) is 7.98. The summed E-state index contributed by atoms with van der Waals surface area (Å²) < 4.78 is 28.6. The Hall–Kier alpha value is -0.660. The van der Waals surface area contributed by atoms with Gasteiger partial charge in [-0.25, -0.2) is 8.42 Å². The van der Waals surface area contributed by atoms with Crippen molar-refractivity contribution >= 4 is 15.7 Å². The van der Waals surface area contributed by atoms with Gasteiger partial charge in [0.2, 0.25) is 5.91 Å². The van der Waals surface area contributed by atoms with Crippen molar-refractivity contribution in [2.45, 2.75) is 30.4 Å². The lowest BCUT2D eigenvalue weighted by atomic mass is 9.94. The molecule has 2 fully saturated rings. The molecular formula is C15H28N2O4S. The number of sulfone groups is 1. The number of nitrogens with zero attached hydrogens (tertiary/aromatic N) is 2. The molecule has 2 aliphatic rings. The number of carbonyl (C=O) groups is 1. The van der Waals surface area contributed by atoms with E-state index in [0.717, 1.165) is 25.9 Å². The first kappa shape index (κ1) is 17.7. The molecule has 1 atom stereocenters. The van der Waals surface area contributed by atoms with Gasteiger partial charge in [0.05, 0.1) is 0 Å². The van der Waals surface area contributed by atoms with Gasteiger partial charge >= 0.3 is 0 Å². The smallest absolute Gasteiger partial charge is 0.243 e. The van der Waals surface area contributed by atoms with E-state index in [2.05, 4.69) is 11.9 Å². The molecule has 0 N–H and O–H groups in total. The van der Waals surface area contributed by atoms with Crippen LogP contribution in [0.25, 0.3) is 0 Å². The van der Waals surface area contributed by atoms with Gasteiger partial charge in [0, 0.05) is 39.6 Å². The summed E-state index contributed by atoms with van der Waals surface area (Å²) in [5, 5.41) is 0. The Balaban J connectivity index is 2.09. The van der Waals surface area contributed by atoms with E-state index >= 15 is 0 Å². The second-order valence-corrected chi connectivity index (χ2v) is 9.16. The van der Waals surface area contributed by atoms with Crippen molar-refractivity contribution in [3.63, 3.8) is 0 Å². The number of rotatable bonds is 4. The SMILES string of the molecule is CN1CCCC(CN(C)C(=O)C2(S(C)(=O)=O)CCOCC2)C1. The molecule has 2 rings (SSSR count). The fourth-order valence-corrected chi connectivity index (χ4v) is 5.07. The van der Waals surface area contributed by atoms with E-state index in [9.17, 15) is 13.2 Å². The standard InChI is InChI=1S/C15H28N2O4S/c1-16-8-4-5-13(11-16)12-17(2)14(18)15(22(3,19)20)6-9-21-10-7-15/h13H,4-12H2,1-3H3. The summed E-state index contributed by atoms with van der Waals surface area (Å²) in [4.78, 5) is 16.8. The van der Waals surface area contributed by atoms with E-state index in [4.69, 9.17) is 4.74 Å². The lowest BCUT2D eigenvalue weighted by Crippen LogP contribution is -2.56. The Morgan fingerprint density at radius 2 is 2.00 bits per heavy atom. The number of carbonyl (C=O) groups excluding carboxylic acids is 1. The molecule has 22 heavy (non-hydrogen) atoms. The van der Waals surface area contributed by atoms with Crippen LogP contribution >= 0.6 is 0 Å². The van der Waals surface area contributed by atoms with Crippen molar-refractivity contribution < 1.29 is 17.9 Å². The average molecular weight is 332 g/mol. The maximum absolute atomic E-state index is 12.9. The van der Waals surface area contributed by atoms with Gasteiger partial charge < -0.3 is 14.5 Å². The first-order chi connectivity index (χ1) is 10.3. The second-order valence-electron chi connectivity index (χ2n) is 6.84. The minimum Gasteiger partial charge on any atom is -0.381 e. The minimum atomic E-state index is -3.46. The van der Waals surface area contributed by atoms with E-state index in [0.29, 0.717) is 25.7 Å². The molecule has 2 aliphatic heterocycles. The van der Waals surface area contributed by atoms with Crippen LogP contribution in [0.5, 0.6) is 0 Å². The number of hydrogen-bond donors (Lipinski definition) is 0. The summed E-state index contributed by atoms with van der Waals surface area (Å²) in [7, 11) is 0.358. The molecule has 0 aromatic carbocycles. The zero-order chi connectivity index (χ0) is 16.4. The lowest BCUT2D eigenvalue weighted by Gasteiger charge is -2.39. The van der Waals surface area contributed by atoms with Gasteiger partial charge in [-0.3, -0.25) is 4.79 Å². The van der Waals surface area contributed by atoms with Crippen LogP contribution in [-0.2, 0) is 19.4 Å². The van der Waals surface area contributed by atoms with E-state index in [-0.39, 0.29) is 18.7 Å². The molecule has 6 nitrogen and oxygen atoms in total. The maximum Gasteiger partial charge on any atom is 0.243 e. The molecule has 2 saturated heterocycles. The van der Waals surface area contributed by atoms with Crippen LogP contribution in [-0.4, -0.2) is 82.1 Å². The Bertz CT molecular complexity index is 500. The summed E-state index contributed by atoms with van der Waals surface area (Å²) in [5.74, 6) is 0.163. The molecule has 0 saturated carbocycles. The van der Waals surface area contributed by atoms with Gasteiger partial charge in [0.25, 0.3) is 0 Å². The van der Waals surface area contributed by atoms with E-state index < -0.39 is 14.6 Å². The van der Waals surface area contributed by atoms with E-state index in [1.165, 1.54) is 6.26 Å². The van der Waals surface area contributed by atoms with Crippen LogP contribution in [0.15, 0.2) is 0 Å². The maximum atomic E-state index is 12.9. The summed E-state index contributed by atoms with van der Waals surface area (Å²) in [6.45, 7) is 3.35. The molecule has 2 heterocycles. The molecular weight excluding hydrogens is 304 g/mol. The van der Waals surface area contributed by atoms with Crippen LogP contribution in [0, 0.1) is 5.92 Å². The Kier molecular flexibility index (Phi) is 5.50. The largest absolute Gasteiger partial charge is 0.381 e. The number of hydrogen-bond acceptors (Lipinski definition) is 5. The third-order valence-corrected chi connectivity index (χ3v) is 7.00. The Morgan fingerprint density at radius 3 is 2.55 bits per heavy atom. The normalized spacial score (nSPS) is 26.6. The molecule has 1 unspecified atom stereocenters. The Labute approximate surface area is 133 Å². The van der Waals surface area contributed by atoms with Crippen LogP contribution in [0.1, 0.15) is 25.7 Å². The molecule has 0 spiro atoms. The number of amides is 1. The van der Waals surface area contributed by atoms with Gasteiger partial charge in [-0.2, -0.15) is 0 Å². The summed E-state index contributed by atoms with van der Waals surface area (Å²) in [6, 6.07) is 0. The molecule has 0 radical (unpaired) electrons. The molecule has 128 valence electrons. The van der Waals surface area contributed by atoms with Crippen molar-refractivity contribution in [2.24, 2.45) is 5.92 Å². The zero-order valence-corrected chi connectivity index (χ0v) is 14.7. The lowest BCUT2D eigenvalue weighted by molar-refractivity contribution is -0.136. The van der Waals surface area contributed by atoms with Crippen LogP contribution < -0.4 is 0 Å². The highest BCUT2D eigenvalue weighted by atomic mass is 32.2. The summed E-state index contributed by atoms with van der Waals surface area (Å²) in [5.41, 5.74) is 0. The number of likely N-dealkylation sites (tertiary alicyclic amines) is 1. The fourth-order valence-electron chi connectivity index (χ4n) is 3.68. The number of piperidine rings is 1. The molecule has 0 aromatic rings.